The Labute approximate surface area is 158 Å². The molecule has 1 aromatic carbocycles. The van der Waals surface area contributed by atoms with Crippen molar-refractivity contribution in [3.63, 3.8) is 0 Å². The molecule has 27 heavy (non-hydrogen) atoms. The minimum absolute atomic E-state index is 0.00727. The summed E-state index contributed by atoms with van der Waals surface area (Å²) < 4.78 is 18.9. The maximum absolute atomic E-state index is 13.5. The van der Waals surface area contributed by atoms with Gasteiger partial charge >= 0.3 is 0 Å². The van der Waals surface area contributed by atoms with Crippen LogP contribution in [0.3, 0.4) is 0 Å². The summed E-state index contributed by atoms with van der Waals surface area (Å²) in [6, 6.07) is 4.64. The SMILES string of the molecule is COc1ccc(F)cc1C[NH+]1CC[NH+](CC(=O)Nc2c(C)n[nH]c2C)CC1. The summed E-state index contributed by atoms with van der Waals surface area (Å²) >= 11 is 0. The van der Waals surface area contributed by atoms with Crippen molar-refractivity contribution in [2.45, 2.75) is 20.4 Å². The molecule has 0 unspecified atom stereocenters. The topological polar surface area (TPSA) is 75.9 Å². The van der Waals surface area contributed by atoms with E-state index in [1.54, 1.807) is 19.2 Å². The number of anilines is 1. The highest BCUT2D eigenvalue weighted by Gasteiger charge is 2.26. The smallest absolute Gasteiger partial charge is 0.279 e. The van der Waals surface area contributed by atoms with Gasteiger partial charge in [0.2, 0.25) is 0 Å². The minimum atomic E-state index is -0.240. The van der Waals surface area contributed by atoms with Crippen LogP contribution in [0.15, 0.2) is 18.2 Å². The molecule has 0 radical (unpaired) electrons. The third kappa shape index (κ3) is 4.84. The van der Waals surface area contributed by atoms with Gasteiger partial charge in [-0.3, -0.25) is 9.89 Å². The number of benzene rings is 1. The Morgan fingerprint density at radius 3 is 2.59 bits per heavy atom. The fourth-order valence-corrected chi connectivity index (χ4v) is 3.61. The Kier molecular flexibility index (Phi) is 6.08. The maximum atomic E-state index is 13.5. The van der Waals surface area contributed by atoms with E-state index in [2.05, 4.69) is 15.5 Å². The second-order valence-electron chi connectivity index (χ2n) is 7.17. The van der Waals surface area contributed by atoms with Crippen molar-refractivity contribution in [1.82, 2.24) is 10.2 Å². The van der Waals surface area contributed by atoms with Crippen molar-refractivity contribution in [2.24, 2.45) is 0 Å². The number of ether oxygens (including phenoxy) is 1. The molecule has 7 nitrogen and oxygen atoms in total. The lowest BCUT2D eigenvalue weighted by Crippen LogP contribution is -3.28. The van der Waals surface area contributed by atoms with Gasteiger partial charge in [0.25, 0.3) is 5.91 Å². The number of nitrogens with one attached hydrogen (secondary N) is 4. The van der Waals surface area contributed by atoms with E-state index in [9.17, 15) is 9.18 Å². The maximum Gasteiger partial charge on any atom is 0.279 e. The lowest BCUT2D eigenvalue weighted by Gasteiger charge is -2.29. The number of carbonyl (C=O) groups is 1. The van der Waals surface area contributed by atoms with Crippen molar-refractivity contribution in [2.75, 3.05) is 45.2 Å². The van der Waals surface area contributed by atoms with Crippen LogP contribution in [0.5, 0.6) is 5.75 Å². The Balaban J connectivity index is 1.49. The number of carbonyl (C=O) groups excluding carboxylic acids is 1. The van der Waals surface area contributed by atoms with E-state index in [-0.39, 0.29) is 11.7 Å². The van der Waals surface area contributed by atoms with Crippen LogP contribution in [0.1, 0.15) is 17.0 Å². The molecular formula is C19H28FN5O2+2. The standard InChI is InChI=1S/C19H26FN5O2/c1-13-19(14(2)23-22-13)21-18(26)12-25-8-6-24(7-9-25)11-15-10-16(20)4-5-17(15)27-3/h4-5,10H,6-9,11-12H2,1-3H3,(H,21,26)(H,22,23)/p+2. The Morgan fingerprint density at radius 2 is 1.96 bits per heavy atom. The van der Waals surface area contributed by atoms with E-state index in [1.165, 1.54) is 15.9 Å². The molecule has 1 fully saturated rings. The van der Waals surface area contributed by atoms with E-state index >= 15 is 0 Å². The van der Waals surface area contributed by atoms with Crippen LogP contribution in [-0.4, -0.2) is 55.9 Å². The Hall–Kier alpha value is -2.45. The monoisotopic (exact) mass is 377 g/mol. The molecule has 1 aromatic heterocycles. The van der Waals surface area contributed by atoms with Crippen LogP contribution in [0.2, 0.25) is 0 Å². The lowest BCUT2D eigenvalue weighted by molar-refractivity contribution is -1.02. The van der Waals surface area contributed by atoms with Crippen LogP contribution in [0.25, 0.3) is 0 Å². The average Bonchev–Trinajstić information content (AvgIpc) is 2.95. The third-order valence-electron chi connectivity index (χ3n) is 5.15. The van der Waals surface area contributed by atoms with Gasteiger partial charge in [-0.15, -0.1) is 0 Å². The molecule has 1 amide bonds. The van der Waals surface area contributed by atoms with Crippen LogP contribution in [0.4, 0.5) is 10.1 Å². The predicted octanol–water partition coefficient (Wildman–Crippen LogP) is -0.904. The van der Waals surface area contributed by atoms with Gasteiger partial charge in [-0.25, -0.2) is 4.39 Å². The van der Waals surface area contributed by atoms with Gasteiger partial charge in [-0.1, -0.05) is 0 Å². The van der Waals surface area contributed by atoms with Crippen LogP contribution < -0.4 is 19.9 Å². The molecule has 0 aliphatic carbocycles. The number of H-pyrrole nitrogens is 1. The number of amides is 1. The molecule has 4 N–H and O–H groups in total. The normalized spacial score (nSPS) is 19.7. The fourth-order valence-electron chi connectivity index (χ4n) is 3.61. The number of piperazine rings is 1. The molecule has 2 heterocycles. The molecule has 0 bridgehead atoms. The molecule has 1 saturated heterocycles. The second kappa shape index (κ2) is 8.49. The van der Waals surface area contributed by atoms with E-state index in [1.807, 2.05) is 13.8 Å². The first-order valence-electron chi connectivity index (χ1n) is 9.27. The molecule has 0 atom stereocenters. The fraction of sp³-hybridized carbons (Fsp3) is 0.474. The van der Waals surface area contributed by atoms with Gasteiger partial charge in [-0.05, 0) is 32.0 Å². The van der Waals surface area contributed by atoms with E-state index < -0.39 is 0 Å². The number of rotatable bonds is 6. The van der Waals surface area contributed by atoms with Crippen molar-refractivity contribution >= 4 is 11.6 Å². The van der Waals surface area contributed by atoms with Gasteiger partial charge in [0.05, 0.1) is 29.7 Å². The first-order valence-corrected chi connectivity index (χ1v) is 9.27. The van der Waals surface area contributed by atoms with Crippen molar-refractivity contribution in [3.05, 3.63) is 41.0 Å². The van der Waals surface area contributed by atoms with E-state index in [0.717, 1.165) is 61.1 Å². The number of hydrogen-bond donors (Lipinski definition) is 4. The van der Waals surface area contributed by atoms with E-state index in [4.69, 9.17) is 4.74 Å². The number of halogens is 1. The summed E-state index contributed by atoms with van der Waals surface area (Å²) in [6.07, 6.45) is 0. The number of nitrogens with zero attached hydrogens (tertiary/aromatic N) is 1. The summed E-state index contributed by atoms with van der Waals surface area (Å²) in [7, 11) is 1.61. The average molecular weight is 377 g/mol. The quantitative estimate of drug-likeness (QED) is 0.527. The molecule has 2 aromatic rings. The molecule has 0 spiro atoms. The zero-order valence-corrected chi connectivity index (χ0v) is 16.1. The molecule has 3 rings (SSSR count). The summed E-state index contributed by atoms with van der Waals surface area (Å²) in [5.74, 6) is 0.493. The summed E-state index contributed by atoms with van der Waals surface area (Å²) in [5, 5.41) is 9.94. The third-order valence-corrected chi connectivity index (χ3v) is 5.15. The van der Waals surface area contributed by atoms with E-state index in [0.29, 0.717) is 6.54 Å². The molecule has 1 aliphatic heterocycles. The van der Waals surface area contributed by atoms with Crippen molar-refractivity contribution in [3.8, 4) is 5.75 Å². The highest BCUT2D eigenvalue weighted by atomic mass is 19.1. The largest absolute Gasteiger partial charge is 0.496 e. The van der Waals surface area contributed by atoms with Crippen LogP contribution >= 0.6 is 0 Å². The Bertz CT molecular complexity index is 780. The lowest BCUT2D eigenvalue weighted by atomic mass is 10.1. The van der Waals surface area contributed by atoms with Gasteiger partial charge in [-0.2, -0.15) is 5.10 Å². The van der Waals surface area contributed by atoms with Crippen molar-refractivity contribution in [1.29, 1.82) is 0 Å². The summed E-state index contributed by atoms with van der Waals surface area (Å²) in [5.41, 5.74) is 3.34. The number of quaternary nitrogens is 2. The number of hydrogen-bond acceptors (Lipinski definition) is 3. The van der Waals surface area contributed by atoms with Gasteiger partial charge in [0.15, 0.2) is 6.54 Å². The molecule has 8 heteroatoms. The first kappa shape index (κ1) is 19.3. The Morgan fingerprint density at radius 1 is 1.26 bits per heavy atom. The minimum Gasteiger partial charge on any atom is -0.496 e. The molecule has 0 saturated carbocycles. The highest BCUT2D eigenvalue weighted by Crippen LogP contribution is 2.18. The van der Waals surface area contributed by atoms with Gasteiger partial charge in [0.1, 0.15) is 44.3 Å². The summed E-state index contributed by atoms with van der Waals surface area (Å²) in [6.45, 7) is 8.63. The number of aromatic nitrogens is 2. The van der Waals surface area contributed by atoms with Crippen LogP contribution in [-0.2, 0) is 11.3 Å². The number of aryl methyl sites for hydroxylation is 2. The van der Waals surface area contributed by atoms with Crippen molar-refractivity contribution < 1.29 is 23.7 Å². The van der Waals surface area contributed by atoms with Gasteiger partial charge in [0, 0.05) is 0 Å². The predicted molar refractivity (Wildman–Crippen MR) is 99.6 cm³/mol. The molecular weight excluding hydrogens is 349 g/mol. The highest BCUT2D eigenvalue weighted by molar-refractivity contribution is 5.92. The molecule has 146 valence electrons. The number of aromatic amines is 1. The zero-order valence-electron chi connectivity index (χ0n) is 16.1. The second-order valence-corrected chi connectivity index (χ2v) is 7.17. The molecule has 1 aliphatic rings. The zero-order chi connectivity index (χ0) is 19.4. The first-order chi connectivity index (χ1) is 13.0. The number of methoxy groups -OCH3 is 1. The van der Waals surface area contributed by atoms with Crippen LogP contribution in [0, 0.1) is 19.7 Å². The summed E-state index contributed by atoms with van der Waals surface area (Å²) in [4.78, 5) is 15.0. The van der Waals surface area contributed by atoms with Gasteiger partial charge < -0.3 is 19.9 Å².